The van der Waals surface area contributed by atoms with Gasteiger partial charge in [-0.1, -0.05) is 11.6 Å². The Morgan fingerprint density at radius 2 is 1.63 bits per heavy atom. The molecule has 0 bridgehead atoms. The first kappa shape index (κ1) is 22.2. The number of carbonyl (C=O) groups excluding carboxylic acids is 1. The molecule has 0 aliphatic carbocycles. The lowest BCUT2D eigenvalue weighted by atomic mass is 10.2. The van der Waals surface area contributed by atoms with E-state index in [9.17, 15) is 26.4 Å². The van der Waals surface area contributed by atoms with E-state index in [1.165, 1.54) is 19.1 Å². The highest BCUT2D eigenvalue weighted by Gasteiger charge is 2.35. The zero-order valence-electron chi connectivity index (χ0n) is 15.8. The summed E-state index contributed by atoms with van der Waals surface area (Å²) < 4.78 is 68.7. The van der Waals surface area contributed by atoms with Crippen molar-refractivity contribution in [3.05, 3.63) is 53.1 Å². The number of carbonyl (C=O) groups is 1. The Hall–Kier alpha value is -2.46. The highest BCUT2D eigenvalue weighted by molar-refractivity contribution is 7.87. The minimum absolute atomic E-state index is 0.0134. The standard InChI is InChI=1S/C19H18ClF3N2O4S/c1-13(26)24-8-10-25(11-9-24)14-2-4-15(5-3-14)29-30(27,28)16-6-7-18(20)17(12-16)19(21,22)23/h2-7,12H,8-11H2,1H3. The smallest absolute Gasteiger partial charge is 0.379 e. The van der Waals surface area contributed by atoms with Crippen LogP contribution in [0.2, 0.25) is 5.02 Å². The van der Waals surface area contributed by atoms with Gasteiger partial charge in [0, 0.05) is 38.8 Å². The third-order valence-electron chi connectivity index (χ3n) is 4.66. The highest BCUT2D eigenvalue weighted by atomic mass is 35.5. The van der Waals surface area contributed by atoms with E-state index in [2.05, 4.69) is 0 Å². The van der Waals surface area contributed by atoms with Gasteiger partial charge in [-0.15, -0.1) is 0 Å². The number of nitrogens with zero attached hydrogens (tertiary/aromatic N) is 2. The molecular weight excluding hydrogens is 445 g/mol. The van der Waals surface area contributed by atoms with Crippen LogP contribution in [0.25, 0.3) is 0 Å². The minimum atomic E-state index is -4.79. The van der Waals surface area contributed by atoms with Crippen molar-refractivity contribution in [1.82, 2.24) is 4.90 Å². The van der Waals surface area contributed by atoms with Gasteiger partial charge in [0.2, 0.25) is 5.91 Å². The minimum Gasteiger partial charge on any atom is -0.379 e. The molecule has 1 heterocycles. The van der Waals surface area contributed by atoms with E-state index in [1.807, 2.05) is 4.90 Å². The number of amides is 1. The van der Waals surface area contributed by atoms with E-state index in [4.69, 9.17) is 15.8 Å². The maximum Gasteiger partial charge on any atom is 0.417 e. The van der Waals surface area contributed by atoms with Gasteiger partial charge in [0.15, 0.2) is 0 Å². The van der Waals surface area contributed by atoms with Gasteiger partial charge in [-0.3, -0.25) is 4.79 Å². The second-order valence-corrected chi connectivity index (χ2v) is 8.62. The van der Waals surface area contributed by atoms with Gasteiger partial charge in [-0.05, 0) is 42.5 Å². The van der Waals surface area contributed by atoms with Crippen molar-refractivity contribution in [2.24, 2.45) is 0 Å². The Morgan fingerprint density at radius 1 is 1.03 bits per heavy atom. The average molecular weight is 463 g/mol. The normalized spacial score (nSPS) is 15.2. The largest absolute Gasteiger partial charge is 0.417 e. The number of anilines is 1. The first-order valence-electron chi connectivity index (χ1n) is 8.89. The molecule has 1 saturated heterocycles. The van der Waals surface area contributed by atoms with Crippen molar-refractivity contribution in [3.8, 4) is 5.75 Å². The maximum absolute atomic E-state index is 13.0. The summed E-state index contributed by atoms with van der Waals surface area (Å²) in [5.74, 6) is -0.0240. The summed E-state index contributed by atoms with van der Waals surface area (Å²) >= 11 is 5.53. The molecule has 0 N–H and O–H groups in total. The summed E-state index contributed by atoms with van der Waals surface area (Å²) in [5.41, 5.74) is -0.442. The highest BCUT2D eigenvalue weighted by Crippen LogP contribution is 2.36. The molecule has 6 nitrogen and oxygen atoms in total. The lowest BCUT2D eigenvalue weighted by Gasteiger charge is -2.35. The quantitative estimate of drug-likeness (QED) is 0.647. The summed E-state index contributed by atoms with van der Waals surface area (Å²) in [7, 11) is -4.48. The van der Waals surface area contributed by atoms with Crippen LogP contribution in [0.15, 0.2) is 47.4 Å². The van der Waals surface area contributed by atoms with Crippen molar-refractivity contribution < 1.29 is 30.6 Å². The number of rotatable bonds is 4. The molecule has 0 atom stereocenters. The number of hydrogen-bond acceptors (Lipinski definition) is 5. The van der Waals surface area contributed by atoms with Crippen LogP contribution in [0.4, 0.5) is 18.9 Å². The van der Waals surface area contributed by atoms with Gasteiger partial charge in [-0.25, -0.2) is 0 Å². The van der Waals surface area contributed by atoms with Gasteiger partial charge in [-0.2, -0.15) is 21.6 Å². The Bertz CT molecular complexity index is 1030. The molecule has 0 aromatic heterocycles. The predicted octanol–water partition coefficient (Wildman–Crippen LogP) is 3.80. The van der Waals surface area contributed by atoms with Crippen LogP contribution < -0.4 is 9.08 Å². The van der Waals surface area contributed by atoms with E-state index in [1.54, 1.807) is 17.0 Å². The summed E-state index contributed by atoms with van der Waals surface area (Å²) in [6.07, 6.45) is -4.79. The lowest BCUT2D eigenvalue weighted by molar-refractivity contribution is -0.137. The van der Waals surface area contributed by atoms with E-state index in [0.29, 0.717) is 32.2 Å². The van der Waals surface area contributed by atoms with Gasteiger partial charge in [0.1, 0.15) is 10.6 Å². The molecule has 30 heavy (non-hydrogen) atoms. The van der Waals surface area contributed by atoms with Crippen molar-refractivity contribution >= 4 is 33.3 Å². The van der Waals surface area contributed by atoms with E-state index >= 15 is 0 Å². The molecule has 0 radical (unpaired) electrons. The van der Waals surface area contributed by atoms with Crippen LogP contribution in [0.1, 0.15) is 12.5 Å². The zero-order valence-corrected chi connectivity index (χ0v) is 17.4. The van der Waals surface area contributed by atoms with Crippen LogP contribution in [-0.2, 0) is 21.1 Å². The fraction of sp³-hybridized carbons (Fsp3) is 0.316. The molecule has 1 fully saturated rings. The maximum atomic E-state index is 13.0. The molecule has 3 rings (SSSR count). The lowest BCUT2D eigenvalue weighted by Crippen LogP contribution is -2.48. The number of halogens is 4. The molecule has 1 aliphatic rings. The molecule has 1 amide bonds. The second-order valence-electron chi connectivity index (χ2n) is 6.66. The van der Waals surface area contributed by atoms with E-state index in [-0.39, 0.29) is 11.7 Å². The van der Waals surface area contributed by atoms with Crippen molar-refractivity contribution in [1.29, 1.82) is 0 Å². The SMILES string of the molecule is CC(=O)N1CCN(c2ccc(OS(=O)(=O)c3ccc(Cl)c(C(F)(F)F)c3)cc2)CC1. The monoisotopic (exact) mass is 462 g/mol. The Morgan fingerprint density at radius 3 is 2.17 bits per heavy atom. The number of hydrogen-bond donors (Lipinski definition) is 0. The number of piperazine rings is 1. The molecule has 162 valence electrons. The van der Waals surface area contributed by atoms with Crippen molar-refractivity contribution in [2.75, 3.05) is 31.1 Å². The molecular formula is C19H18ClF3N2O4S. The Kier molecular flexibility index (Phi) is 6.19. The fourth-order valence-electron chi connectivity index (χ4n) is 3.04. The molecule has 0 unspecified atom stereocenters. The molecule has 2 aromatic rings. The number of benzene rings is 2. The third kappa shape index (κ3) is 4.99. The van der Waals surface area contributed by atoms with Crippen molar-refractivity contribution in [3.63, 3.8) is 0 Å². The molecule has 2 aromatic carbocycles. The first-order chi connectivity index (χ1) is 14.0. The summed E-state index contributed by atoms with van der Waals surface area (Å²) in [6, 6.07) is 8.41. The van der Waals surface area contributed by atoms with Gasteiger partial charge >= 0.3 is 16.3 Å². The number of alkyl halides is 3. The molecule has 11 heteroatoms. The Labute approximate surface area is 176 Å². The molecule has 0 spiro atoms. The van der Waals surface area contributed by atoms with Crippen LogP contribution in [0.3, 0.4) is 0 Å². The molecule has 0 saturated carbocycles. The summed E-state index contributed by atoms with van der Waals surface area (Å²) in [4.78, 5) is 14.5. The fourth-order valence-corrected chi connectivity index (χ4v) is 4.23. The topological polar surface area (TPSA) is 66.9 Å². The van der Waals surface area contributed by atoms with Crippen LogP contribution in [0, 0.1) is 0 Å². The molecule has 1 aliphatic heterocycles. The van der Waals surface area contributed by atoms with E-state index < -0.39 is 31.8 Å². The predicted molar refractivity (Wildman–Crippen MR) is 105 cm³/mol. The average Bonchev–Trinajstić information content (AvgIpc) is 2.67. The van der Waals surface area contributed by atoms with Gasteiger partial charge in [0.25, 0.3) is 0 Å². The van der Waals surface area contributed by atoms with Crippen LogP contribution >= 0.6 is 11.6 Å². The second kappa shape index (κ2) is 8.35. The van der Waals surface area contributed by atoms with Gasteiger partial charge < -0.3 is 14.0 Å². The van der Waals surface area contributed by atoms with Crippen LogP contribution in [0.5, 0.6) is 5.75 Å². The van der Waals surface area contributed by atoms with Crippen molar-refractivity contribution in [2.45, 2.75) is 18.0 Å². The summed E-state index contributed by atoms with van der Waals surface area (Å²) in [5, 5.41) is -0.601. The Balaban J connectivity index is 1.73. The zero-order chi connectivity index (χ0) is 22.1. The van der Waals surface area contributed by atoms with Crippen LogP contribution in [-0.4, -0.2) is 45.4 Å². The summed E-state index contributed by atoms with van der Waals surface area (Å²) in [6.45, 7) is 3.94. The van der Waals surface area contributed by atoms with E-state index in [0.717, 1.165) is 17.8 Å². The van der Waals surface area contributed by atoms with Gasteiger partial charge in [0.05, 0.1) is 10.6 Å². The third-order valence-corrected chi connectivity index (χ3v) is 6.24. The first-order valence-corrected chi connectivity index (χ1v) is 10.7.